The number of carbonyl (C=O) groups is 1. The van der Waals surface area contributed by atoms with Crippen LogP contribution in [0.15, 0.2) is 24.3 Å². The van der Waals surface area contributed by atoms with Crippen LogP contribution in [-0.2, 0) is 16.8 Å². The number of rotatable bonds is 2. The number of carboxylic acids is 1. The highest BCUT2D eigenvalue weighted by atomic mass is 16.4. The Labute approximate surface area is 97.3 Å². The van der Waals surface area contributed by atoms with Gasteiger partial charge >= 0.3 is 0 Å². The third-order valence-corrected chi connectivity index (χ3v) is 2.09. The third-order valence-electron chi connectivity index (χ3n) is 2.09. The molecule has 0 atom stereocenters. The standard InChI is InChI=1S/C11H17N.C2H4O2/c1-4-9-7-5-6-8-10(9)11(2,3)12;1-2(3)4/h5-8H,4,12H2,1-3H3;1H3,(H,3,4). The highest BCUT2D eigenvalue weighted by Gasteiger charge is 2.16. The summed E-state index contributed by atoms with van der Waals surface area (Å²) in [6.07, 6.45) is 1.05. The molecule has 1 rings (SSSR count). The Morgan fingerprint density at radius 1 is 1.38 bits per heavy atom. The number of hydrogen-bond acceptors (Lipinski definition) is 2. The summed E-state index contributed by atoms with van der Waals surface area (Å²) in [6, 6.07) is 8.36. The second-order valence-electron chi connectivity index (χ2n) is 4.25. The van der Waals surface area contributed by atoms with Gasteiger partial charge in [0.1, 0.15) is 0 Å². The third kappa shape index (κ3) is 5.51. The SMILES string of the molecule is CC(=O)O.CCc1ccccc1C(C)(C)N. The second-order valence-corrected chi connectivity index (χ2v) is 4.25. The summed E-state index contributed by atoms with van der Waals surface area (Å²) < 4.78 is 0. The Hall–Kier alpha value is -1.35. The smallest absolute Gasteiger partial charge is 0.300 e. The highest BCUT2D eigenvalue weighted by Crippen LogP contribution is 2.21. The summed E-state index contributed by atoms with van der Waals surface area (Å²) in [5.74, 6) is -0.833. The van der Waals surface area contributed by atoms with Crippen molar-refractivity contribution in [2.24, 2.45) is 5.73 Å². The zero-order chi connectivity index (χ0) is 12.8. The van der Waals surface area contributed by atoms with Gasteiger partial charge in [0.05, 0.1) is 0 Å². The van der Waals surface area contributed by atoms with Gasteiger partial charge in [0.25, 0.3) is 5.97 Å². The number of benzene rings is 1. The van der Waals surface area contributed by atoms with Gasteiger partial charge in [0.2, 0.25) is 0 Å². The molecule has 0 bridgehead atoms. The molecule has 1 aromatic rings. The molecule has 0 saturated carbocycles. The molecule has 0 unspecified atom stereocenters. The minimum atomic E-state index is -0.833. The highest BCUT2D eigenvalue weighted by molar-refractivity contribution is 5.62. The zero-order valence-corrected chi connectivity index (χ0v) is 10.4. The molecule has 90 valence electrons. The molecule has 0 aliphatic heterocycles. The fourth-order valence-corrected chi connectivity index (χ4v) is 1.46. The molecule has 3 N–H and O–H groups in total. The topological polar surface area (TPSA) is 63.3 Å². The molecule has 0 aliphatic rings. The predicted molar refractivity (Wildman–Crippen MR) is 66.3 cm³/mol. The predicted octanol–water partition coefficient (Wildman–Crippen LogP) is 2.53. The minimum absolute atomic E-state index is 0.216. The van der Waals surface area contributed by atoms with Gasteiger partial charge in [-0.25, -0.2) is 0 Å². The lowest BCUT2D eigenvalue weighted by molar-refractivity contribution is -0.134. The fourth-order valence-electron chi connectivity index (χ4n) is 1.46. The van der Waals surface area contributed by atoms with Crippen LogP contribution in [0.3, 0.4) is 0 Å². The Morgan fingerprint density at radius 3 is 2.12 bits per heavy atom. The number of nitrogens with two attached hydrogens (primary N) is 1. The first kappa shape index (κ1) is 14.6. The van der Waals surface area contributed by atoms with Crippen LogP contribution < -0.4 is 5.73 Å². The molecule has 1 aromatic carbocycles. The minimum Gasteiger partial charge on any atom is -0.481 e. The molecule has 0 spiro atoms. The Bertz CT molecular complexity index is 336. The number of aryl methyl sites for hydroxylation is 1. The van der Waals surface area contributed by atoms with Crippen molar-refractivity contribution in [2.45, 2.75) is 39.7 Å². The van der Waals surface area contributed by atoms with E-state index in [-0.39, 0.29) is 5.54 Å². The van der Waals surface area contributed by atoms with Crippen LogP contribution in [0.5, 0.6) is 0 Å². The molecule has 0 aliphatic carbocycles. The normalized spacial score (nSPS) is 10.3. The zero-order valence-electron chi connectivity index (χ0n) is 10.4. The van der Waals surface area contributed by atoms with E-state index < -0.39 is 5.97 Å². The van der Waals surface area contributed by atoms with E-state index in [0.29, 0.717) is 0 Å². The molecule has 0 aromatic heterocycles. The maximum Gasteiger partial charge on any atom is 0.300 e. The van der Waals surface area contributed by atoms with E-state index >= 15 is 0 Å². The Balaban J connectivity index is 0.000000487. The maximum atomic E-state index is 9.00. The van der Waals surface area contributed by atoms with Gasteiger partial charge in [-0.15, -0.1) is 0 Å². The van der Waals surface area contributed by atoms with E-state index in [1.54, 1.807) is 0 Å². The fraction of sp³-hybridized carbons (Fsp3) is 0.462. The second kappa shape index (κ2) is 6.28. The first-order chi connectivity index (χ1) is 7.29. The average Bonchev–Trinajstić information content (AvgIpc) is 2.15. The first-order valence-electron chi connectivity index (χ1n) is 5.35. The molecule has 0 heterocycles. The van der Waals surface area contributed by atoms with E-state index in [1.807, 2.05) is 19.9 Å². The van der Waals surface area contributed by atoms with Gasteiger partial charge in [-0.3, -0.25) is 4.79 Å². The summed E-state index contributed by atoms with van der Waals surface area (Å²) in [5.41, 5.74) is 8.43. The Kier molecular flexibility index (Phi) is 5.75. The van der Waals surface area contributed by atoms with Crippen molar-refractivity contribution in [3.8, 4) is 0 Å². The average molecular weight is 223 g/mol. The van der Waals surface area contributed by atoms with Crippen molar-refractivity contribution < 1.29 is 9.90 Å². The van der Waals surface area contributed by atoms with Gasteiger partial charge in [-0.05, 0) is 31.4 Å². The van der Waals surface area contributed by atoms with Crippen molar-refractivity contribution in [3.05, 3.63) is 35.4 Å². The van der Waals surface area contributed by atoms with Crippen LogP contribution in [0.4, 0.5) is 0 Å². The lowest BCUT2D eigenvalue weighted by atomic mass is 9.90. The molecular formula is C13H21NO2. The number of aliphatic carboxylic acids is 1. The lowest BCUT2D eigenvalue weighted by Crippen LogP contribution is -2.29. The summed E-state index contributed by atoms with van der Waals surface area (Å²) in [4.78, 5) is 9.00. The molecular weight excluding hydrogens is 202 g/mol. The molecule has 0 fully saturated rings. The van der Waals surface area contributed by atoms with E-state index in [4.69, 9.17) is 15.6 Å². The largest absolute Gasteiger partial charge is 0.481 e. The number of carboxylic acid groups (broad SMARTS) is 1. The summed E-state index contributed by atoms with van der Waals surface area (Å²) >= 11 is 0. The van der Waals surface area contributed by atoms with E-state index in [0.717, 1.165) is 13.3 Å². The first-order valence-corrected chi connectivity index (χ1v) is 5.35. The molecule has 0 radical (unpaired) electrons. The van der Waals surface area contributed by atoms with Crippen LogP contribution in [0.2, 0.25) is 0 Å². The quantitative estimate of drug-likeness (QED) is 0.809. The van der Waals surface area contributed by atoms with Crippen molar-refractivity contribution in [3.63, 3.8) is 0 Å². The van der Waals surface area contributed by atoms with Gasteiger partial charge in [0, 0.05) is 12.5 Å². The van der Waals surface area contributed by atoms with Crippen molar-refractivity contribution in [2.75, 3.05) is 0 Å². The number of hydrogen-bond donors (Lipinski definition) is 2. The van der Waals surface area contributed by atoms with Crippen molar-refractivity contribution in [1.82, 2.24) is 0 Å². The summed E-state index contributed by atoms with van der Waals surface area (Å²) in [5, 5.41) is 7.42. The molecule has 3 heteroatoms. The summed E-state index contributed by atoms with van der Waals surface area (Å²) in [6.45, 7) is 7.33. The van der Waals surface area contributed by atoms with Crippen LogP contribution >= 0.6 is 0 Å². The van der Waals surface area contributed by atoms with E-state index in [2.05, 4.69) is 25.1 Å². The van der Waals surface area contributed by atoms with Crippen LogP contribution in [0.1, 0.15) is 38.8 Å². The molecule has 0 saturated heterocycles. The van der Waals surface area contributed by atoms with Gasteiger partial charge in [-0.2, -0.15) is 0 Å². The monoisotopic (exact) mass is 223 g/mol. The van der Waals surface area contributed by atoms with Crippen LogP contribution in [0.25, 0.3) is 0 Å². The van der Waals surface area contributed by atoms with Crippen molar-refractivity contribution in [1.29, 1.82) is 0 Å². The molecule has 3 nitrogen and oxygen atoms in total. The Morgan fingerprint density at radius 2 is 1.81 bits per heavy atom. The summed E-state index contributed by atoms with van der Waals surface area (Å²) in [7, 11) is 0. The lowest BCUT2D eigenvalue weighted by Gasteiger charge is -2.22. The van der Waals surface area contributed by atoms with Crippen LogP contribution in [-0.4, -0.2) is 11.1 Å². The van der Waals surface area contributed by atoms with Gasteiger partial charge < -0.3 is 10.8 Å². The molecule has 16 heavy (non-hydrogen) atoms. The molecule has 0 amide bonds. The van der Waals surface area contributed by atoms with Gasteiger partial charge in [0.15, 0.2) is 0 Å². The van der Waals surface area contributed by atoms with Gasteiger partial charge in [-0.1, -0.05) is 31.2 Å². The van der Waals surface area contributed by atoms with Crippen LogP contribution in [0, 0.1) is 0 Å². The van der Waals surface area contributed by atoms with E-state index in [1.165, 1.54) is 11.1 Å². The van der Waals surface area contributed by atoms with E-state index in [9.17, 15) is 0 Å². The maximum absolute atomic E-state index is 9.00. The van der Waals surface area contributed by atoms with Crippen molar-refractivity contribution >= 4 is 5.97 Å².